The van der Waals surface area contributed by atoms with Gasteiger partial charge in [-0.15, -0.1) is 0 Å². The van der Waals surface area contributed by atoms with E-state index in [0.29, 0.717) is 10.7 Å². The number of ether oxygens (including phenoxy) is 1. The number of carboxylic acids is 1. The summed E-state index contributed by atoms with van der Waals surface area (Å²) in [6, 6.07) is 14.7. The Morgan fingerprint density at radius 3 is 2.61 bits per heavy atom. The molecule has 9 nitrogen and oxygen atoms in total. The van der Waals surface area contributed by atoms with Crippen LogP contribution >= 0.6 is 11.6 Å². The number of imide groups is 1. The summed E-state index contributed by atoms with van der Waals surface area (Å²) >= 11 is 5.96. The van der Waals surface area contributed by atoms with Crippen LogP contribution in [0.25, 0.3) is 0 Å². The lowest BCUT2D eigenvalue weighted by Gasteiger charge is -2.40. The van der Waals surface area contributed by atoms with E-state index in [-0.39, 0.29) is 42.7 Å². The Balaban J connectivity index is 1.54. The molecule has 0 saturated carbocycles. The second kappa shape index (κ2) is 10.6. The highest BCUT2D eigenvalue weighted by molar-refractivity contribution is 6.30. The number of halogens is 2. The number of anilines is 1. The van der Waals surface area contributed by atoms with E-state index in [2.05, 4.69) is 10.3 Å². The van der Waals surface area contributed by atoms with Crippen molar-refractivity contribution in [3.05, 3.63) is 82.8 Å². The zero-order valence-electron chi connectivity index (χ0n) is 19.1. The summed E-state index contributed by atoms with van der Waals surface area (Å²) in [6.07, 6.45) is -0.720. The van der Waals surface area contributed by atoms with E-state index in [9.17, 15) is 18.8 Å². The first-order valence-electron chi connectivity index (χ1n) is 11.0. The molecule has 0 aliphatic carbocycles. The second-order valence-electron chi connectivity index (χ2n) is 7.95. The van der Waals surface area contributed by atoms with E-state index in [1.165, 1.54) is 40.1 Å². The Morgan fingerprint density at radius 1 is 1.19 bits per heavy atom. The maximum atomic E-state index is 14.8. The van der Waals surface area contributed by atoms with Gasteiger partial charge in [-0.3, -0.25) is 14.6 Å². The number of carbonyl (C=O) groups excluding carboxylic acids is 2. The van der Waals surface area contributed by atoms with E-state index in [1.807, 2.05) is 0 Å². The van der Waals surface area contributed by atoms with Crippen LogP contribution in [0.2, 0.25) is 5.02 Å². The van der Waals surface area contributed by atoms with Crippen LogP contribution in [-0.2, 0) is 11.3 Å². The van der Waals surface area contributed by atoms with Gasteiger partial charge in [0.2, 0.25) is 11.8 Å². The summed E-state index contributed by atoms with van der Waals surface area (Å²) in [5.41, 5.74) is 0.902. The van der Waals surface area contributed by atoms with Crippen LogP contribution in [0, 0.1) is 5.82 Å². The highest BCUT2D eigenvalue weighted by Gasteiger charge is 2.38. The van der Waals surface area contributed by atoms with Gasteiger partial charge in [0.05, 0.1) is 6.42 Å². The van der Waals surface area contributed by atoms with E-state index in [4.69, 9.17) is 21.4 Å². The molecule has 1 fully saturated rings. The number of hydrogen-bond donors (Lipinski definition) is 2. The van der Waals surface area contributed by atoms with Crippen molar-refractivity contribution in [3.8, 4) is 11.6 Å². The third-order valence-electron chi connectivity index (χ3n) is 5.53. The number of rotatable bonds is 8. The first-order valence-corrected chi connectivity index (χ1v) is 11.4. The second-order valence-corrected chi connectivity index (χ2v) is 8.39. The van der Waals surface area contributed by atoms with Crippen molar-refractivity contribution >= 4 is 35.2 Å². The molecule has 0 radical (unpaired) electrons. The monoisotopic (exact) mass is 512 g/mol. The lowest BCUT2D eigenvalue weighted by molar-refractivity contribution is -0.132. The van der Waals surface area contributed by atoms with Crippen molar-refractivity contribution in [1.29, 1.82) is 0 Å². The SMILES string of the molecule is CCN1C(=O)CC(Nc2ccc(Oc3cccc(C(=O)O)n3)c(F)c2)N(Cc2ccc(Cl)cc2)C1=O. The summed E-state index contributed by atoms with van der Waals surface area (Å²) in [6.45, 7) is 2.17. The number of nitrogens with one attached hydrogen (secondary N) is 1. The summed E-state index contributed by atoms with van der Waals surface area (Å²) in [5.74, 6) is -2.55. The zero-order valence-corrected chi connectivity index (χ0v) is 19.9. The van der Waals surface area contributed by atoms with Gasteiger partial charge in [0.15, 0.2) is 17.3 Å². The molecule has 1 unspecified atom stereocenters. The van der Waals surface area contributed by atoms with Crippen LogP contribution < -0.4 is 10.1 Å². The van der Waals surface area contributed by atoms with Crippen molar-refractivity contribution in [2.24, 2.45) is 0 Å². The average molecular weight is 513 g/mol. The molecule has 3 aromatic rings. The lowest BCUT2D eigenvalue weighted by Crippen LogP contribution is -2.58. The number of carboxylic acid groups (broad SMARTS) is 1. The third-order valence-corrected chi connectivity index (χ3v) is 5.78. The molecular weight excluding hydrogens is 491 g/mol. The quantitative estimate of drug-likeness (QED) is 0.438. The van der Waals surface area contributed by atoms with Gasteiger partial charge >= 0.3 is 12.0 Å². The molecule has 0 spiro atoms. The molecular formula is C25H22ClFN4O5. The minimum atomic E-state index is -1.23. The van der Waals surface area contributed by atoms with Crippen LogP contribution in [0.3, 0.4) is 0 Å². The molecule has 3 amide bonds. The van der Waals surface area contributed by atoms with E-state index < -0.39 is 24.0 Å². The van der Waals surface area contributed by atoms with Crippen molar-refractivity contribution in [2.75, 3.05) is 11.9 Å². The maximum Gasteiger partial charge on any atom is 0.354 e. The fourth-order valence-electron chi connectivity index (χ4n) is 3.75. The normalized spacial score (nSPS) is 15.7. The molecule has 4 rings (SSSR count). The van der Waals surface area contributed by atoms with Crippen molar-refractivity contribution in [3.63, 3.8) is 0 Å². The van der Waals surface area contributed by atoms with Gasteiger partial charge in [0.1, 0.15) is 6.17 Å². The maximum absolute atomic E-state index is 14.8. The Kier molecular flexibility index (Phi) is 7.35. The Labute approximate surface area is 211 Å². The largest absolute Gasteiger partial charge is 0.477 e. The fourth-order valence-corrected chi connectivity index (χ4v) is 3.88. The van der Waals surface area contributed by atoms with Gasteiger partial charge in [-0.05, 0) is 42.8 Å². The van der Waals surface area contributed by atoms with Crippen LogP contribution in [0.5, 0.6) is 11.6 Å². The number of carbonyl (C=O) groups is 3. The molecule has 2 aromatic carbocycles. The molecule has 1 atom stereocenters. The standard InChI is InChI=1S/C25H22ClFN4O5/c1-2-30-23(32)13-21(31(25(30)35)14-15-6-8-16(26)9-7-15)28-17-10-11-20(18(27)12-17)36-22-5-3-4-19(29-22)24(33)34/h3-12,21,28H,2,13-14H2,1H3,(H,33,34). The Bertz CT molecular complexity index is 1300. The predicted octanol–water partition coefficient (Wildman–Crippen LogP) is 4.98. The number of benzene rings is 2. The number of aromatic carboxylic acids is 1. The molecule has 186 valence electrons. The predicted molar refractivity (Wildman–Crippen MR) is 129 cm³/mol. The minimum absolute atomic E-state index is 0.00105. The van der Waals surface area contributed by atoms with Gasteiger partial charge < -0.3 is 15.2 Å². The number of aromatic nitrogens is 1. The van der Waals surface area contributed by atoms with Gasteiger partial charge in [-0.1, -0.05) is 29.8 Å². The number of pyridine rings is 1. The lowest BCUT2D eigenvalue weighted by atomic mass is 10.1. The number of hydrogen-bond acceptors (Lipinski definition) is 6. The molecule has 2 N–H and O–H groups in total. The topological polar surface area (TPSA) is 112 Å². The van der Waals surface area contributed by atoms with Crippen molar-refractivity contribution in [1.82, 2.24) is 14.8 Å². The molecule has 1 aliphatic rings. The summed E-state index contributed by atoms with van der Waals surface area (Å²) in [4.78, 5) is 43.2. The molecule has 36 heavy (non-hydrogen) atoms. The smallest absolute Gasteiger partial charge is 0.354 e. The fraction of sp³-hybridized carbons (Fsp3) is 0.200. The van der Waals surface area contributed by atoms with E-state index >= 15 is 0 Å². The van der Waals surface area contributed by atoms with Crippen LogP contribution in [0.1, 0.15) is 29.4 Å². The Hall–Kier alpha value is -4.18. The molecule has 1 aromatic heterocycles. The summed E-state index contributed by atoms with van der Waals surface area (Å²) in [7, 11) is 0. The summed E-state index contributed by atoms with van der Waals surface area (Å²) < 4.78 is 20.2. The molecule has 1 aliphatic heterocycles. The minimum Gasteiger partial charge on any atom is -0.477 e. The van der Waals surface area contributed by atoms with Crippen molar-refractivity contribution in [2.45, 2.75) is 26.1 Å². The first kappa shape index (κ1) is 24.9. The van der Waals surface area contributed by atoms with Gasteiger partial charge in [0, 0.05) is 35.9 Å². The average Bonchev–Trinajstić information content (AvgIpc) is 2.85. The van der Waals surface area contributed by atoms with Gasteiger partial charge in [-0.25, -0.2) is 19.0 Å². The molecule has 2 heterocycles. The molecule has 11 heteroatoms. The van der Waals surface area contributed by atoms with Gasteiger partial charge in [0.25, 0.3) is 0 Å². The van der Waals surface area contributed by atoms with Gasteiger partial charge in [-0.2, -0.15) is 0 Å². The number of nitrogens with zero attached hydrogens (tertiary/aromatic N) is 3. The van der Waals surface area contributed by atoms with Crippen LogP contribution in [-0.4, -0.2) is 50.5 Å². The van der Waals surface area contributed by atoms with E-state index in [1.54, 1.807) is 31.2 Å². The number of amides is 3. The highest BCUT2D eigenvalue weighted by atomic mass is 35.5. The van der Waals surface area contributed by atoms with Crippen LogP contribution in [0.15, 0.2) is 60.7 Å². The van der Waals surface area contributed by atoms with Crippen molar-refractivity contribution < 1.29 is 28.6 Å². The van der Waals surface area contributed by atoms with Crippen LogP contribution in [0.4, 0.5) is 14.9 Å². The van der Waals surface area contributed by atoms with E-state index in [0.717, 1.165) is 11.6 Å². The molecule has 1 saturated heterocycles. The Morgan fingerprint density at radius 2 is 1.94 bits per heavy atom. The highest BCUT2D eigenvalue weighted by Crippen LogP contribution is 2.28. The zero-order chi connectivity index (χ0) is 25.8. The molecule has 0 bridgehead atoms. The first-order chi connectivity index (χ1) is 17.2. The summed E-state index contributed by atoms with van der Waals surface area (Å²) in [5, 5.41) is 12.7. The number of urea groups is 1. The third kappa shape index (κ3) is 5.55.